The Hall–Kier alpha value is -3.06. The van der Waals surface area contributed by atoms with Crippen LogP contribution in [0, 0.1) is 6.92 Å². The highest BCUT2D eigenvalue weighted by Gasteiger charge is 2.40. The van der Waals surface area contributed by atoms with E-state index < -0.39 is 0 Å². The molecule has 2 aliphatic heterocycles. The standard InChI is InChI=1S/C26H32N6O/c1-20-8-4-5-9-24(20)22-12-10-21(11-13-22)17-31-18-23(32-19-27-28-29-32)16-25(31)26(33)30-14-6-2-3-7-15-30/h4-5,8-13,19,23,25H,2-3,6-7,14-18H2,1H3/t23-,25-/m0/s1. The van der Waals surface area contributed by atoms with Crippen molar-refractivity contribution in [3.05, 3.63) is 66.0 Å². The van der Waals surface area contributed by atoms with Gasteiger partial charge in [-0.05, 0) is 58.9 Å². The molecule has 7 heteroatoms. The Morgan fingerprint density at radius 3 is 2.45 bits per heavy atom. The second-order valence-electron chi connectivity index (χ2n) is 9.38. The van der Waals surface area contributed by atoms with Crippen molar-refractivity contribution in [2.75, 3.05) is 19.6 Å². The molecule has 2 atom stereocenters. The molecule has 0 spiro atoms. The molecule has 2 aliphatic rings. The Bertz CT molecular complexity index is 1060. The van der Waals surface area contributed by atoms with Crippen LogP contribution >= 0.6 is 0 Å². The number of tetrazole rings is 1. The number of benzene rings is 2. The average Bonchev–Trinajstić information content (AvgIpc) is 3.43. The Morgan fingerprint density at radius 1 is 1.00 bits per heavy atom. The first-order valence-corrected chi connectivity index (χ1v) is 12.1. The molecular formula is C26H32N6O. The first kappa shape index (κ1) is 21.8. The number of hydrogen-bond acceptors (Lipinski definition) is 5. The van der Waals surface area contributed by atoms with Crippen LogP contribution in [0.25, 0.3) is 11.1 Å². The maximum absolute atomic E-state index is 13.6. The molecule has 172 valence electrons. The van der Waals surface area contributed by atoms with E-state index in [1.54, 1.807) is 6.33 Å². The average molecular weight is 445 g/mol. The van der Waals surface area contributed by atoms with E-state index in [9.17, 15) is 4.79 Å². The van der Waals surface area contributed by atoms with Gasteiger partial charge in [-0.2, -0.15) is 0 Å². The number of amides is 1. The van der Waals surface area contributed by atoms with Gasteiger partial charge in [0.15, 0.2) is 0 Å². The van der Waals surface area contributed by atoms with E-state index in [1.165, 1.54) is 35.1 Å². The SMILES string of the molecule is Cc1ccccc1-c1ccc(CN2C[C@@H](n3cnnn3)C[C@H]2C(=O)N2CCCCCC2)cc1. The molecule has 0 unspecified atom stereocenters. The summed E-state index contributed by atoms with van der Waals surface area (Å²) in [4.78, 5) is 18.0. The molecule has 1 amide bonds. The number of likely N-dealkylation sites (tertiary alicyclic amines) is 2. The predicted molar refractivity (Wildman–Crippen MR) is 127 cm³/mol. The third-order valence-corrected chi connectivity index (χ3v) is 7.12. The summed E-state index contributed by atoms with van der Waals surface area (Å²) in [6.07, 6.45) is 7.07. The summed E-state index contributed by atoms with van der Waals surface area (Å²) in [5.41, 5.74) is 4.98. The highest BCUT2D eigenvalue weighted by Crippen LogP contribution is 2.31. The Labute approximate surface area is 195 Å². The summed E-state index contributed by atoms with van der Waals surface area (Å²) >= 11 is 0. The predicted octanol–water partition coefficient (Wildman–Crippen LogP) is 3.87. The lowest BCUT2D eigenvalue weighted by Gasteiger charge is -2.29. The quantitative estimate of drug-likeness (QED) is 0.598. The zero-order valence-corrected chi connectivity index (χ0v) is 19.3. The Morgan fingerprint density at radius 2 is 1.76 bits per heavy atom. The van der Waals surface area contributed by atoms with Crippen LogP contribution in [0.3, 0.4) is 0 Å². The van der Waals surface area contributed by atoms with Crippen molar-refractivity contribution in [2.24, 2.45) is 0 Å². The lowest BCUT2D eigenvalue weighted by Crippen LogP contribution is -2.45. The van der Waals surface area contributed by atoms with Crippen molar-refractivity contribution >= 4 is 5.91 Å². The van der Waals surface area contributed by atoms with Crippen molar-refractivity contribution in [2.45, 2.75) is 57.7 Å². The molecule has 33 heavy (non-hydrogen) atoms. The lowest BCUT2D eigenvalue weighted by molar-refractivity contribution is -0.136. The topological polar surface area (TPSA) is 67.2 Å². The molecule has 2 saturated heterocycles. The monoisotopic (exact) mass is 444 g/mol. The van der Waals surface area contributed by atoms with Gasteiger partial charge in [-0.15, -0.1) is 5.10 Å². The van der Waals surface area contributed by atoms with E-state index in [2.05, 4.69) is 80.8 Å². The van der Waals surface area contributed by atoms with Crippen molar-refractivity contribution < 1.29 is 4.79 Å². The maximum Gasteiger partial charge on any atom is 0.240 e. The first-order chi connectivity index (χ1) is 16.2. The summed E-state index contributed by atoms with van der Waals surface area (Å²) in [5, 5.41) is 11.7. The Kier molecular flexibility index (Phi) is 6.48. The molecule has 7 nitrogen and oxygen atoms in total. The lowest BCUT2D eigenvalue weighted by atomic mass is 9.99. The van der Waals surface area contributed by atoms with Crippen molar-refractivity contribution in [3.8, 4) is 11.1 Å². The number of aromatic nitrogens is 4. The molecule has 0 aliphatic carbocycles. The summed E-state index contributed by atoms with van der Waals surface area (Å²) in [6, 6.07) is 17.2. The molecule has 2 aromatic carbocycles. The minimum absolute atomic E-state index is 0.118. The van der Waals surface area contributed by atoms with E-state index in [-0.39, 0.29) is 18.0 Å². The van der Waals surface area contributed by atoms with Gasteiger partial charge in [0.1, 0.15) is 6.33 Å². The van der Waals surface area contributed by atoms with Gasteiger partial charge >= 0.3 is 0 Å². The third kappa shape index (κ3) is 4.83. The maximum atomic E-state index is 13.6. The van der Waals surface area contributed by atoms with Crippen LogP contribution in [0.15, 0.2) is 54.9 Å². The van der Waals surface area contributed by atoms with E-state index in [4.69, 9.17) is 0 Å². The first-order valence-electron chi connectivity index (χ1n) is 12.1. The van der Waals surface area contributed by atoms with Gasteiger partial charge in [0, 0.05) is 26.2 Å². The summed E-state index contributed by atoms with van der Waals surface area (Å²) in [7, 11) is 0. The van der Waals surface area contributed by atoms with Gasteiger partial charge in [0.2, 0.25) is 5.91 Å². The summed E-state index contributed by atoms with van der Waals surface area (Å²) in [5.74, 6) is 0.268. The fraction of sp³-hybridized carbons (Fsp3) is 0.462. The van der Waals surface area contributed by atoms with Gasteiger partial charge in [-0.1, -0.05) is 61.4 Å². The van der Waals surface area contributed by atoms with Crippen LogP contribution in [0.4, 0.5) is 0 Å². The van der Waals surface area contributed by atoms with Gasteiger partial charge in [0.05, 0.1) is 12.1 Å². The fourth-order valence-electron chi connectivity index (χ4n) is 5.26. The molecular weight excluding hydrogens is 412 g/mol. The second kappa shape index (κ2) is 9.83. The van der Waals surface area contributed by atoms with Crippen LogP contribution in [0.1, 0.15) is 49.3 Å². The largest absolute Gasteiger partial charge is 0.341 e. The molecule has 1 aromatic heterocycles. The van der Waals surface area contributed by atoms with Crippen LogP contribution in [-0.4, -0.2) is 61.6 Å². The molecule has 0 N–H and O–H groups in total. The summed E-state index contributed by atoms with van der Waals surface area (Å²) in [6.45, 7) is 5.42. The molecule has 3 aromatic rings. The molecule has 0 radical (unpaired) electrons. The number of carbonyl (C=O) groups excluding carboxylic acids is 1. The molecule has 0 bridgehead atoms. The van der Waals surface area contributed by atoms with E-state index in [0.29, 0.717) is 0 Å². The van der Waals surface area contributed by atoms with Crippen LogP contribution in [-0.2, 0) is 11.3 Å². The summed E-state index contributed by atoms with van der Waals surface area (Å²) < 4.78 is 1.81. The van der Waals surface area contributed by atoms with Crippen molar-refractivity contribution in [3.63, 3.8) is 0 Å². The Balaban J connectivity index is 1.34. The van der Waals surface area contributed by atoms with Gasteiger partial charge in [-0.3, -0.25) is 9.69 Å². The number of carbonyl (C=O) groups is 1. The third-order valence-electron chi connectivity index (χ3n) is 7.12. The zero-order chi connectivity index (χ0) is 22.6. The number of aryl methyl sites for hydroxylation is 1. The second-order valence-corrected chi connectivity index (χ2v) is 9.38. The van der Waals surface area contributed by atoms with E-state index in [0.717, 1.165) is 45.4 Å². The highest BCUT2D eigenvalue weighted by molar-refractivity contribution is 5.82. The van der Waals surface area contributed by atoms with E-state index in [1.807, 2.05) is 4.68 Å². The number of nitrogens with zero attached hydrogens (tertiary/aromatic N) is 6. The fourth-order valence-corrected chi connectivity index (χ4v) is 5.26. The molecule has 0 saturated carbocycles. The molecule has 3 heterocycles. The zero-order valence-electron chi connectivity index (χ0n) is 19.3. The minimum atomic E-state index is -0.131. The van der Waals surface area contributed by atoms with Crippen LogP contribution < -0.4 is 0 Å². The van der Waals surface area contributed by atoms with Crippen LogP contribution in [0.5, 0.6) is 0 Å². The van der Waals surface area contributed by atoms with Crippen molar-refractivity contribution in [1.29, 1.82) is 0 Å². The van der Waals surface area contributed by atoms with Gasteiger partial charge in [0.25, 0.3) is 0 Å². The normalized spacial score (nSPS) is 21.8. The van der Waals surface area contributed by atoms with Crippen molar-refractivity contribution in [1.82, 2.24) is 30.0 Å². The molecule has 2 fully saturated rings. The molecule has 5 rings (SSSR count). The number of hydrogen-bond donors (Lipinski definition) is 0. The minimum Gasteiger partial charge on any atom is -0.341 e. The van der Waals surface area contributed by atoms with Gasteiger partial charge < -0.3 is 4.90 Å². The van der Waals surface area contributed by atoms with E-state index >= 15 is 0 Å². The highest BCUT2D eigenvalue weighted by atomic mass is 16.2. The van der Waals surface area contributed by atoms with Gasteiger partial charge in [-0.25, -0.2) is 4.68 Å². The smallest absolute Gasteiger partial charge is 0.240 e. The van der Waals surface area contributed by atoms with Crippen LogP contribution in [0.2, 0.25) is 0 Å². The number of rotatable bonds is 5.